The standard InChI is InChI=1S/C20H18N8O4/c1-30-14-8-5-7-12(10-14)17-16(23-27-28(17)19-18(21)25-32-26-19)20(29)24-22-11-13-6-3-4-9-15(13)31-2/h3-11H,1-2H3,(H2,21,25)(H,24,29)/b22-11+. The number of anilines is 1. The number of aromatic nitrogens is 5. The van der Waals surface area contributed by atoms with Crippen LogP contribution in [0.3, 0.4) is 0 Å². The number of hydrazone groups is 1. The smallest absolute Gasteiger partial charge is 0.294 e. The maximum Gasteiger partial charge on any atom is 0.294 e. The van der Waals surface area contributed by atoms with Gasteiger partial charge in [-0.05, 0) is 34.6 Å². The Morgan fingerprint density at radius 1 is 1.16 bits per heavy atom. The number of carbonyl (C=O) groups is 1. The number of hydrogen-bond acceptors (Lipinski definition) is 10. The van der Waals surface area contributed by atoms with Gasteiger partial charge in [-0.15, -0.1) is 5.10 Å². The average Bonchev–Trinajstić information content (AvgIpc) is 3.45. The molecule has 0 unspecified atom stereocenters. The first-order valence-corrected chi connectivity index (χ1v) is 9.27. The molecule has 0 fully saturated rings. The number of ether oxygens (including phenoxy) is 2. The summed E-state index contributed by atoms with van der Waals surface area (Å²) in [4.78, 5) is 12.9. The molecule has 0 aliphatic carbocycles. The number of nitrogens with two attached hydrogens (primary N) is 1. The van der Waals surface area contributed by atoms with Crippen LogP contribution in [0.25, 0.3) is 17.1 Å². The van der Waals surface area contributed by atoms with Crippen molar-refractivity contribution < 1.29 is 18.9 Å². The highest BCUT2D eigenvalue weighted by atomic mass is 16.6. The largest absolute Gasteiger partial charge is 0.497 e. The Balaban J connectivity index is 1.70. The van der Waals surface area contributed by atoms with Crippen molar-refractivity contribution in [1.29, 1.82) is 0 Å². The van der Waals surface area contributed by atoms with Crippen molar-refractivity contribution in [2.45, 2.75) is 0 Å². The molecule has 0 radical (unpaired) electrons. The summed E-state index contributed by atoms with van der Waals surface area (Å²) in [6, 6.07) is 14.2. The highest BCUT2D eigenvalue weighted by molar-refractivity contribution is 5.99. The van der Waals surface area contributed by atoms with Crippen LogP contribution in [0, 0.1) is 0 Å². The number of nitrogen functional groups attached to an aromatic ring is 1. The molecule has 4 aromatic rings. The zero-order chi connectivity index (χ0) is 22.5. The van der Waals surface area contributed by atoms with Crippen LogP contribution in [-0.4, -0.2) is 51.6 Å². The third-order valence-corrected chi connectivity index (χ3v) is 4.43. The fourth-order valence-corrected chi connectivity index (χ4v) is 2.94. The van der Waals surface area contributed by atoms with Crippen LogP contribution in [0.5, 0.6) is 11.5 Å². The molecule has 32 heavy (non-hydrogen) atoms. The molecule has 162 valence electrons. The van der Waals surface area contributed by atoms with E-state index in [1.54, 1.807) is 43.5 Å². The topological polar surface area (TPSA) is 156 Å². The molecule has 12 heteroatoms. The van der Waals surface area contributed by atoms with E-state index in [0.29, 0.717) is 28.3 Å². The van der Waals surface area contributed by atoms with Gasteiger partial charge in [-0.1, -0.05) is 29.5 Å². The minimum absolute atomic E-state index is 0.0137. The molecule has 0 bridgehead atoms. The number of para-hydroxylation sites is 1. The fraction of sp³-hybridized carbons (Fsp3) is 0.100. The highest BCUT2D eigenvalue weighted by Gasteiger charge is 2.25. The summed E-state index contributed by atoms with van der Waals surface area (Å²) in [6.07, 6.45) is 1.46. The molecule has 0 saturated heterocycles. The molecule has 2 aromatic heterocycles. The second-order valence-electron chi connectivity index (χ2n) is 6.34. The lowest BCUT2D eigenvalue weighted by atomic mass is 10.1. The van der Waals surface area contributed by atoms with Crippen molar-refractivity contribution in [2.75, 3.05) is 20.0 Å². The van der Waals surface area contributed by atoms with Crippen LogP contribution < -0.4 is 20.6 Å². The normalized spacial score (nSPS) is 10.9. The number of nitrogens with zero attached hydrogens (tertiary/aromatic N) is 6. The Morgan fingerprint density at radius 3 is 2.75 bits per heavy atom. The Hall–Kier alpha value is -4.74. The van der Waals surface area contributed by atoms with E-state index < -0.39 is 5.91 Å². The minimum atomic E-state index is -0.602. The van der Waals surface area contributed by atoms with Crippen molar-refractivity contribution in [2.24, 2.45) is 5.10 Å². The van der Waals surface area contributed by atoms with Crippen LogP contribution in [-0.2, 0) is 0 Å². The molecular weight excluding hydrogens is 416 g/mol. The van der Waals surface area contributed by atoms with E-state index in [9.17, 15) is 4.79 Å². The van der Waals surface area contributed by atoms with Crippen LogP contribution in [0.1, 0.15) is 16.1 Å². The van der Waals surface area contributed by atoms with Crippen LogP contribution in [0.4, 0.5) is 5.82 Å². The van der Waals surface area contributed by atoms with E-state index >= 15 is 0 Å². The van der Waals surface area contributed by atoms with E-state index in [0.717, 1.165) is 0 Å². The summed E-state index contributed by atoms with van der Waals surface area (Å²) >= 11 is 0. The van der Waals surface area contributed by atoms with E-state index in [4.69, 9.17) is 15.2 Å². The molecular formula is C20H18N8O4. The van der Waals surface area contributed by atoms with Gasteiger partial charge in [0, 0.05) is 11.1 Å². The van der Waals surface area contributed by atoms with E-state index in [2.05, 4.69) is 35.8 Å². The molecule has 0 aliphatic heterocycles. The first-order chi connectivity index (χ1) is 15.6. The molecule has 12 nitrogen and oxygen atoms in total. The zero-order valence-electron chi connectivity index (χ0n) is 17.1. The molecule has 1 amide bonds. The Bertz CT molecular complexity index is 1280. The van der Waals surface area contributed by atoms with Crippen molar-refractivity contribution in [3.8, 4) is 28.6 Å². The van der Waals surface area contributed by atoms with Gasteiger partial charge < -0.3 is 15.2 Å². The van der Waals surface area contributed by atoms with Crippen LogP contribution >= 0.6 is 0 Å². The molecule has 2 heterocycles. The van der Waals surface area contributed by atoms with Gasteiger partial charge in [0.1, 0.15) is 17.2 Å². The van der Waals surface area contributed by atoms with E-state index in [-0.39, 0.29) is 17.3 Å². The van der Waals surface area contributed by atoms with Crippen molar-refractivity contribution in [3.63, 3.8) is 0 Å². The summed E-state index contributed by atoms with van der Waals surface area (Å²) in [7, 11) is 3.09. The van der Waals surface area contributed by atoms with Gasteiger partial charge in [0.25, 0.3) is 5.91 Å². The maximum absolute atomic E-state index is 12.9. The zero-order valence-corrected chi connectivity index (χ0v) is 17.1. The minimum Gasteiger partial charge on any atom is -0.497 e. The highest BCUT2D eigenvalue weighted by Crippen LogP contribution is 2.29. The summed E-state index contributed by atoms with van der Waals surface area (Å²) in [5.41, 5.74) is 9.82. The van der Waals surface area contributed by atoms with Gasteiger partial charge >= 0.3 is 0 Å². The fourth-order valence-electron chi connectivity index (χ4n) is 2.94. The molecule has 0 atom stereocenters. The van der Waals surface area contributed by atoms with Crippen LogP contribution in [0.2, 0.25) is 0 Å². The first kappa shape index (κ1) is 20.5. The first-order valence-electron chi connectivity index (χ1n) is 9.27. The van der Waals surface area contributed by atoms with E-state index in [1.807, 2.05) is 12.1 Å². The monoisotopic (exact) mass is 434 g/mol. The summed E-state index contributed by atoms with van der Waals surface area (Å²) in [5.74, 6) is 0.659. The number of methoxy groups -OCH3 is 2. The van der Waals surface area contributed by atoms with E-state index in [1.165, 1.54) is 18.0 Å². The van der Waals surface area contributed by atoms with Gasteiger partial charge in [-0.2, -0.15) is 9.78 Å². The van der Waals surface area contributed by atoms with Crippen LogP contribution in [0.15, 0.2) is 58.3 Å². The average molecular weight is 434 g/mol. The lowest BCUT2D eigenvalue weighted by Crippen LogP contribution is -2.19. The third kappa shape index (κ3) is 3.96. The predicted molar refractivity (Wildman–Crippen MR) is 114 cm³/mol. The van der Waals surface area contributed by atoms with Gasteiger partial charge in [0.05, 0.1) is 20.4 Å². The SMILES string of the molecule is COc1cccc(-c2c(C(=O)N/N=C/c3ccccc3OC)nnn2-c2nonc2N)c1. The summed E-state index contributed by atoms with van der Waals surface area (Å²) in [5, 5.41) is 19.3. The number of hydrogen-bond donors (Lipinski definition) is 2. The van der Waals surface area contributed by atoms with Gasteiger partial charge in [0.2, 0.25) is 11.6 Å². The van der Waals surface area contributed by atoms with Crippen molar-refractivity contribution >= 4 is 17.9 Å². The Labute approximate surface area is 181 Å². The lowest BCUT2D eigenvalue weighted by Gasteiger charge is -2.07. The van der Waals surface area contributed by atoms with Crippen molar-refractivity contribution in [3.05, 3.63) is 59.8 Å². The number of benzene rings is 2. The Kier molecular flexibility index (Phi) is 5.74. The second-order valence-corrected chi connectivity index (χ2v) is 6.34. The molecule has 0 saturated carbocycles. The summed E-state index contributed by atoms with van der Waals surface area (Å²) in [6.45, 7) is 0. The van der Waals surface area contributed by atoms with Gasteiger partial charge in [0.15, 0.2) is 5.69 Å². The lowest BCUT2D eigenvalue weighted by molar-refractivity contribution is 0.0950. The number of amides is 1. The van der Waals surface area contributed by atoms with Gasteiger partial charge in [-0.25, -0.2) is 10.1 Å². The second kappa shape index (κ2) is 8.95. The molecule has 0 aliphatic rings. The van der Waals surface area contributed by atoms with Gasteiger partial charge in [-0.3, -0.25) is 4.79 Å². The quantitative estimate of drug-likeness (QED) is 0.326. The number of rotatable bonds is 7. The summed E-state index contributed by atoms with van der Waals surface area (Å²) < 4.78 is 16.5. The predicted octanol–water partition coefficient (Wildman–Crippen LogP) is 1.68. The number of nitrogens with one attached hydrogen (secondary N) is 1. The molecule has 4 rings (SSSR count). The molecule has 3 N–H and O–H groups in total. The molecule has 0 spiro atoms. The number of carbonyl (C=O) groups excluding carboxylic acids is 1. The Morgan fingerprint density at radius 2 is 2.00 bits per heavy atom. The van der Waals surface area contributed by atoms with Crippen molar-refractivity contribution in [1.82, 2.24) is 30.7 Å². The maximum atomic E-state index is 12.9. The molecule has 2 aromatic carbocycles. The third-order valence-electron chi connectivity index (χ3n) is 4.43.